The van der Waals surface area contributed by atoms with Gasteiger partial charge in [0.2, 0.25) is 5.91 Å². The van der Waals surface area contributed by atoms with E-state index in [9.17, 15) is 14.7 Å². The van der Waals surface area contributed by atoms with Gasteiger partial charge in [-0.1, -0.05) is 0 Å². The minimum Gasteiger partial charge on any atom is -0.508 e. The summed E-state index contributed by atoms with van der Waals surface area (Å²) in [6.45, 7) is 1.93. The monoisotopic (exact) mass is 445 g/mol. The summed E-state index contributed by atoms with van der Waals surface area (Å²) < 4.78 is 6.08. The Morgan fingerprint density at radius 2 is 2.00 bits per heavy atom. The molecule has 1 fully saturated rings. The summed E-state index contributed by atoms with van der Waals surface area (Å²) in [7, 11) is 0. The number of anilines is 2. The Morgan fingerprint density at radius 1 is 1.15 bits per heavy atom. The smallest absolute Gasteiger partial charge is 0.320 e. The molecule has 3 heterocycles. The maximum Gasteiger partial charge on any atom is 0.320 e. The van der Waals surface area contributed by atoms with Gasteiger partial charge < -0.3 is 20.5 Å². The molecule has 168 valence electrons. The highest BCUT2D eigenvalue weighted by Gasteiger charge is 2.41. The van der Waals surface area contributed by atoms with Crippen LogP contribution in [0, 0.1) is 6.92 Å². The molecule has 2 aliphatic rings. The Balaban J connectivity index is 1.26. The number of phenols is 1. The summed E-state index contributed by atoms with van der Waals surface area (Å²) >= 11 is 0. The number of aryl methyl sites for hydroxylation is 1. The number of amides is 3. The number of pyridine rings is 2. The van der Waals surface area contributed by atoms with E-state index in [1.54, 1.807) is 42.7 Å². The predicted molar refractivity (Wildman–Crippen MR) is 122 cm³/mol. The number of hydrogen-bond donors (Lipinski definition) is 4. The first-order valence-electron chi connectivity index (χ1n) is 10.7. The number of aromatic hydroxyl groups is 1. The zero-order valence-electron chi connectivity index (χ0n) is 18.0. The number of carbonyl (C=O) groups excluding carboxylic acids is 2. The lowest BCUT2D eigenvalue weighted by molar-refractivity contribution is -0.116. The second-order valence-electron chi connectivity index (χ2n) is 8.27. The van der Waals surface area contributed by atoms with Gasteiger partial charge in [0.25, 0.3) is 0 Å². The Kier molecular flexibility index (Phi) is 5.29. The number of nitrogens with one attached hydrogen (secondary N) is 3. The van der Waals surface area contributed by atoms with Crippen LogP contribution in [0.1, 0.15) is 35.4 Å². The first-order valence-corrected chi connectivity index (χ1v) is 10.7. The van der Waals surface area contributed by atoms with Gasteiger partial charge in [-0.3, -0.25) is 10.1 Å². The minimum absolute atomic E-state index is 0.0181. The highest BCUT2D eigenvalue weighted by molar-refractivity contribution is 5.93. The molecule has 4 N–H and O–H groups in total. The Morgan fingerprint density at radius 3 is 2.85 bits per heavy atom. The molecule has 0 radical (unpaired) electrons. The Bertz CT molecular complexity index is 1250. The predicted octanol–water partition coefficient (Wildman–Crippen LogP) is 3.85. The van der Waals surface area contributed by atoms with Gasteiger partial charge in [0.05, 0.1) is 0 Å². The number of rotatable bonds is 5. The molecule has 3 aromatic rings. The van der Waals surface area contributed by atoms with Crippen LogP contribution >= 0.6 is 0 Å². The zero-order valence-corrected chi connectivity index (χ0v) is 18.0. The van der Waals surface area contributed by atoms with E-state index in [2.05, 4.69) is 25.9 Å². The molecule has 5 rings (SSSR count). The van der Waals surface area contributed by atoms with Crippen LogP contribution < -0.4 is 20.7 Å². The van der Waals surface area contributed by atoms with Gasteiger partial charge in [0.15, 0.2) is 0 Å². The van der Waals surface area contributed by atoms with Crippen molar-refractivity contribution in [1.82, 2.24) is 15.3 Å². The highest BCUT2D eigenvalue weighted by Crippen LogP contribution is 2.46. The maximum atomic E-state index is 12.3. The quantitative estimate of drug-likeness (QED) is 0.473. The fraction of sp³-hybridized carbons (Fsp3) is 0.250. The average molecular weight is 445 g/mol. The molecule has 2 aromatic heterocycles. The number of hydrogen-bond acceptors (Lipinski definition) is 6. The fourth-order valence-electron chi connectivity index (χ4n) is 4.00. The van der Waals surface area contributed by atoms with Crippen LogP contribution in [0.5, 0.6) is 17.2 Å². The molecule has 0 bridgehead atoms. The number of carbonyl (C=O) groups is 2. The van der Waals surface area contributed by atoms with Crippen LogP contribution in [0.25, 0.3) is 0 Å². The second-order valence-corrected chi connectivity index (χ2v) is 8.27. The number of aromatic nitrogens is 2. The van der Waals surface area contributed by atoms with Gasteiger partial charge in [-0.25, -0.2) is 14.8 Å². The van der Waals surface area contributed by atoms with Crippen LogP contribution in [0.15, 0.2) is 48.8 Å². The summed E-state index contributed by atoms with van der Waals surface area (Å²) in [5, 5.41) is 18.8. The third-order valence-electron chi connectivity index (χ3n) is 5.76. The van der Waals surface area contributed by atoms with Gasteiger partial charge >= 0.3 is 6.03 Å². The number of urea groups is 1. The van der Waals surface area contributed by atoms with E-state index in [0.29, 0.717) is 48.0 Å². The second kappa shape index (κ2) is 8.42. The normalized spacial score (nSPS) is 18.6. The lowest BCUT2D eigenvalue weighted by Crippen LogP contribution is -2.31. The van der Waals surface area contributed by atoms with Crippen LogP contribution in [0.2, 0.25) is 0 Å². The van der Waals surface area contributed by atoms with Crippen LogP contribution in [0.3, 0.4) is 0 Å². The third-order valence-corrected chi connectivity index (χ3v) is 5.76. The number of fused-ring (bicyclic) bond motifs is 1. The van der Waals surface area contributed by atoms with Gasteiger partial charge in [-0.2, -0.15) is 0 Å². The van der Waals surface area contributed by atoms with E-state index in [0.717, 1.165) is 11.1 Å². The van der Waals surface area contributed by atoms with Gasteiger partial charge in [0, 0.05) is 41.9 Å². The van der Waals surface area contributed by atoms with Crippen molar-refractivity contribution in [1.29, 1.82) is 0 Å². The highest BCUT2D eigenvalue weighted by atomic mass is 16.5. The van der Waals surface area contributed by atoms with Crippen molar-refractivity contribution in [3.63, 3.8) is 0 Å². The van der Waals surface area contributed by atoms with E-state index >= 15 is 0 Å². The zero-order chi connectivity index (χ0) is 22.9. The Hall–Kier alpha value is -4.14. The summed E-state index contributed by atoms with van der Waals surface area (Å²) in [6.07, 6.45) is 4.87. The number of phenolic OH excluding ortho intramolecular Hbond substituents is 1. The summed E-state index contributed by atoms with van der Waals surface area (Å²) in [5.74, 6) is 2.26. The summed E-state index contributed by atoms with van der Waals surface area (Å²) in [5.41, 5.74) is 2.56. The van der Waals surface area contributed by atoms with Crippen LogP contribution in [0.4, 0.5) is 16.4 Å². The molecule has 2 atom stereocenters. The SMILES string of the molecule is Cc1ccnc(NC(=O)NC2C[C@@H]2c2cc(Oc3ccnc4c3CCC(=O)N4)ccc2O)c1. The van der Waals surface area contributed by atoms with Crippen LogP contribution in [-0.2, 0) is 11.2 Å². The number of benzene rings is 1. The van der Waals surface area contributed by atoms with Gasteiger partial charge in [0.1, 0.15) is 28.9 Å². The molecule has 3 amide bonds. The standard InChI is InChI=1S/C24H23N5O4/c1-13-6-8-25-21(10-13)28-24(32)27-18-12-16(18)17-11-14(2-4-19(17)30)33-20-7-9-26-23-15(20)3-5-22(31)29-23/h2,4,6-11,16,18,30H,3,5,12H2,1H3,(H,26,29,31)(H2,25,27,28,32)/t16-,18?/m1/s1. The number of nitrogens with zero attached hydrogens (tertiary/aromatic N) is 2. The van der Waals surface area contributed by atoms with Crippen molar-refractivity contribution in [2.75, 3.05) is 10.6 Å². The molecule has 1 aliphatic heterocycles. The molecule has 33 heavy (non-hydrogen) atoms. The van der Waals surface area contributed by atoms with Crippen molar-refractivity contribution in [2.24, 2.45) is 0 Å². The molecular formula is C24H23N5O4. The topological polar surface area (TPSA) is 125 Å². The lowest BCUT2D eigenvalue weighted by Gasteiger charge is -2.19. The first kappa shape index (κ1) is 20.7. The molecule has 9 heteroatoms. The number of ether oxygens (including phenoxy) is 1. The van der Waals surface area contributed by atoms with Crippen molar-refractivity contribution in [2.45, 2.75) is 38.1 Å². The lowest BCUT2D eigenvalue weighted by atomic mass is 10.1. The minimum atomic E-state index is -0.335. The van der Waals surface area contributed by atoms with Crippen molar-refractivity contribution >= 4 is 23.6 Å². The van der Waals surface area contributed by atoms with Gasteiger partial charge in [-0.05, 0) is 61.7 Å². The maximum absolute atomic E-state index is 12.3. The molecule has 1 aliphatic carbocycles. The molecule has 0 spiro atoms. The molecule has 9 nitrogen and oxygen atoms in total. The van der Waals surface area contributed by atoms with E-state index < -0.39 is 0 Å². The van der Waals surface area contributed by atoms with Crippen LogP contribution in [-0.4, -0.2) is 33.1 Å². The third kappa shape index (κ3) is 4.57. The molecule has 1 aromatic carbocycles. The van der Waals surface area contributed by atoms with Crippen molar-refractivity contribution in [3.05, 3.63) is 65.5 Å². The van der Waals surface area contributed by atoms with E-state index in [1.807, 2.05) is 13.0 Å². The van der Waals surface area contributed by atoms with E-state index in [1.165, 1.54) is 0 Å². The molecular weight excluding hydrogens is 422 g/mol. The van der Waals surface area contributed by atoms with Gasteiger partial charge in [-0.15, -0.1) is 0 Å². The summed E-state index contributed by atoms with van der Waals surface area (Å²) in [6, 6.07) is 10.0. The van der Waals surface area contributed by atoms with Crippen molar-refractivity contribution in [3.8, 4) is 17.2 Å². The molecule has 1 unspecified atom stereocenters. The fourth-order valence-corrected chi connectivity index (χ4v) is 4.00. The van der Waals surface area contributed by atoms with Crippen molar-refractivity contribution < 1.29 is 19.4 Å². The molecule has 1 saturated carbocycles. The largest absolute Gasteiger partial charge is 0.508 e. The first-order chi connectivity index (χ1) is 16.0. The Labute approximate surface area is 190 Å². The molecule has 0 saturated heterocycles. The average Bonchev–Trinajstić information content (AvgIpc) is 3.53. The van der Waals surface area contributed by atoms with E-state index in [4.69, 9.17) is 4.74 Å². The van der Waals surface area contributed by atoms with E-state index in [-0.39, 0.29) is 29.6 Å². The summed E-state index contributed by atoms with van der Waals surface area (Å²) in [4.78, 5) is 32.3.